The van der Waals surface area contributed by atoms with Gasteiger partial charge in [-0.25, -0.2) is 0 Å². The van der Waals surface area contributed by atoms with Crippen LogP contribution in [0, 0.1) is 0 Å². The van der Waals surface area contributed by atoms with Crippen molar-refractivity contribution < 1.29 is 19.1 Å². The Morgan fingerprint density at radius 3 is 1.76 bits per heavy atom. The van der Waals surface area contributed by atoms with Crippen LogP contribution in [0.4, 0.5) is 0 Å². The Kier molecular flexibility index (Phi) is 6.93. The zero-order valence-corrected chi connectivity index (χ0v) is 25.2. The third-order valence-electron chi connectivity index (χ3n) is 8.31. The van der Waals surface area contributed by atoms with Gasteiger partial charge in [0.15, 0.2) is 11.6 Å². The number of hydrogen-bond donors (Lipinski definition) is 0. The summed E-state index contributed by atoms with van der Waals surface area (Å²) in [6, 6.07) is 19.6. The summed E-state index contributed by atoms with van der Waals surface area (Å²) in [6.45, 7) is 1.03. The Morgan fingerprint density at radius 2 is 1.15 bits per heavy atom. The van der Waals surface area contributed by atoms with Crippen LogP contribution in [0.25, 0.3) is 22.3 Å². The minimum atomic E-state index is -0.0715. The molecule has 206 valence electrons. The molecule has 0 N–H and O–H groups in total. The second-order valence-corrected chi connectivity index (χ2v) is 12.7. The van der Waals surface area contributed by atoms with Crippen LogP contribution in [-0.4, -0.2) is 16.4 Å². The van der Waals surface area contributed by atoms with Crippen LogP contribution in [0.3, 0.4) is 0 Å². The second kappa shape index (κ2) is 10.6. The normalized spacial score (nSPS) is 17.7. The van der Waals surface area contributed by atoms with E-state index >= 15 is 0 Å². The molecule has 0 aromatic heterocycles. The smallest absolute Gasteiger partial charge is 0.176 e. The Labute approximate surface area is 256 Å². The van der Waals surface area contributed by atoms with E-state index in [1.165, 1.54) is 0 Å². The van der Waals surface area contributed by atoms with E-state index in [0.717, 1.165) is 103 Å². The predicted octanol–water partition coefficient (Wildman–Crippen LogP) is 9.21. The van der Waals surface area contributed by atoms with Crippen molar-refractivity contribution in [3.63, 3.8) is 0 Å². The summed E-state index contributed by atoms with van der Waals surface area (Å²) in [4.78, 5) is 24.2. The average Bonchev–Trinajstić information content (AvgIpc) is 2.98. The van der Waals surface area contributed by atoms with Crippen molar-refractivity contribution >= 4 is 50.7 Å². The highest BCUT2D eigenvalue weighted by Crippen LogP contribution is 2.45. The van der Waals surface area contributed by atoms with Crippen molar-refractivity contribution in [1.29, 1.82) is 0 Å². The highest BCUT2D eigenvalue weighted by molar-refractivity contribution is 9.10. The molecular formula is C34H25BrCl2O4. The lowest BCUT2D eigenvalue weighted by Gasteiger charge is -2.27. The van der Waals surface area contributed by atoms with Crippen LogP contribution in [0.15, 0.2) is 60.7 Å². The van der Waals surface area contributed by atoms with Gasteiger partial charge in [-0.05, 0) is 84.3 Å². The topological polar surface area (TPSA) is 52.6 Å². The van der Waals surface area contributed by atoms with Crippen molar-refractivity contribution in [3.05, 3.63) is 104 Å². The van der Waals surface area contributed by atoms with Crippen molar-refractivity contribution in [2.75, 3.05) is 0 Å². The van der Waals surface area contributed by atoms with Crippen LogP contribution in [0.5, 0.6) is 11.5 Å². The minimum absolute atomic E-state index is 0.0715. The summed E-state index contributed by atoms with van der Waals surface area (Å²) in [5.74, 6) is 2.16. The van der Waals surface area contributed by atoms with Crippen LogP contribution in [0.2, 0.25) is 10.0 Å². The second-order valence-electron chi connectivity index (χ2n) is 10.8. The minimum Gasteiger partial charge on any atom is -0.488 e. The first-order valence-electron chi connectivity index (χ1n) is 13.8. The summed E-state index contributed by atoms with van der Waals surface area (Å²) in [5.41, 5.74) is 10.4. The summed E-state index contributed by atoms with van der Waals surface area (Å²) < 4.78 is 11.9. The van der Waals surface area contributed by atoms with E-state index in [1.54, 1.807) is 0 Å². The van der Waals surface area contributed by atoms with Gasteiger partial charge in [-0.15, -0.1) is 0 Å². The third-order valence-corrected chi connectivity index (χ3v) is 9.65. The fraction of sp³-hybridized carbons (Fsp3) is 0.235. The quantitative estimate of drug-likeness (QED) is 0.179. The molecule has 1 atom stereocenters. The number of rotatable bonds is 0. The van der Waals surface area contributed by atoms with Crippen molar-refractivity contribution in [1.82, 2.24) is 0 Å². The molecule has 4 aromatic rings. The molecule has 0 saturated heterocycles. The van der Waals surface area contributed by atoms with Crippen molar-refractivity contribution in [2.45, 2.75) is 50.1 Å². The zero-order chi connectivity index (χ0) is 28.2. The third kappa shape index (κ3) is 4.68. The molecule has 2 aliphatic carbocycles. The number of Topliss-reactive ketones (excluding diaryl/α,β-unsaturated/α-hetero) is 2. The molecule has 1 unspecified atom stereocenters. The zero-order valence-electron chi connectivity index (χ0n) is 22.1. The van der Waals surface area contributed by atoms with E-state index < -0.39 is 0 Å². The maximum atomic E-state index is 12.3. The largest absolute Gasteiger partial charge is 0.488 e. The maximum absolute atomic E-state index is 12.3. The Balaban J connectivity index is 0.000000135. The molecule has 0 fully saturated rings. The van der Waals surface area contributed by atoms with Crippen LogP contribution in [-0.2, 0) is 26.1 Å². The van der Waals surface area contributed by atoms with Gasteiger partial charge >= 0.3 is 0 Å². The van der Waals surface area contributed by atoms with Gasteiger partial charge in [-0.3, -0.25) is 9.59 Å². The fourth-order valence-electron chi connectivity index (χ4n) is 6.32. The number of benzene rings is 4. The molecule has 4 aliphatic rings. The summed E-state index contributed by atoms with van der Waals surface area (Å²) in [5, 5.41) is 1.44. The Bertz CT molecular complexity index is 1760. The van der Waals surface area contributed by atoms with E-state index in [0.29, 0.717) is 19.6 Å². The maximum Gasteiger partial charge on any atom is 0.176 e. The lowest BCUT2D eigenvalue weighted by Crippen LogP contribution is -2.23. The lowest BCUT2D eigenvalue weighted by atomic mass is 9.85. The molecule has 8 rings (SSSR count). The number of carbonyl (C=O) groups is 2. The standard InChI is InChI=1S/C17H12BrClO2.C17H13ClO2/c18-15-6-5-14-12(16(15)20)3-4-13-11-2-1-10(19)7-9(11)8-21-17(13)14;18-11-4-5-12-10(8-11)9-20-17-14-2-1-3-16(19)13(14)6-7-15(12)17/h1-4,7,15H,5-6,8H2;4-8H,1-3,9H2. The molecule has 0 saturated carbocycles. The number of carbonyl (C=O) groups excluding carboxylic acids is 2. The Hall–Kier alpha value is -3.12. The summed E-state index contributed by atoms with van der Waals surface area (Å²) in [6.07, 6.45) is 4.17. The first-order chi connectivity index (χ1) is 19.9. The highest BCUT2D eigenvalue weighted by atomic mass is 79.9. The van der Waals surface area contributed by atoms with Gasteiger partial charge in [0.05, 0.1) is 4.83 Å². The van der Waals surface area contributed by atoms with Gasteiger partial charge in [0.2, 0.25) is 0 Å². The van der Waals surface area contributed by atoms with Gasteiger partial charge < -0.3 is 9.47 Å². The van der Waals surface area contributed by atoms with Crippen LogP contribution in [0.1, 0.15) is 62.2 Å². The van der Waals surface area contributed by atoms with Crippen LogP contribution >= 0.6 is 39.1 Å². The van der Waals surface area contributed by atoms with Crippen molar-refractivity contribution in [3.8, 4) is 33.8 Å². The van der Waals surface area contributed by atoms with E-state index in [2.05, 4.69) is 15.9 Å². The molecule has 7 heteroatoms. The van der Waals surface area contributed by atoms with Gasteiger partial charge in [-0.2, -0.15) is 0 Å². The van der Waals surface area contributed by atoms with E-state index in [1.807, 2.05) is 60.7 Å². The molecule has 0 bridgehead atoms. The van der Waals surface area contributed by atoms with Crippen LogP contribution < -0.4 is 9.47 Å². The van der Waals surface area contributed by atoms with E-state index in [9.17, 15) is 9.59 Å². The molecule has 4 aromatic carbocycles. The number of hydrogen-bond acceptors (Lipinski definition) is 4. The van der Waals surface area contributed by atoms with Gasteiger partial charge in [-0.1, -0.05) is 63.4 Å². The molecule has 2 heterocycles. The van der Waals surface area contributed by atoms with E-state index in [-0.39, 0.29) is 16.4 Å². The lowest BCUT2D eigenvalue weighted by molar-refractivity contribution is 0.0966. The molecule has 0 spiro atoms. The molecule has 2 aliphatic heterocycles. The fourth-order valence-corrected chi connectivity index (χ4v) is 7.18. The molecule has 4 nitrogen and oxygen atoms in total. The number of halogens is 3. The SMILES string of the molecule is O=C1CCCc2c1ccc1c2OCc2cc(Cl)ccc2-1.O=C1c2ccc3c(c2CCC1Br)OCc1cc(Cl)ccc1-3. The summed E-state index contributed by atoms with van der Waals surface area (Å²) >= 11 is 15.5. The van der Waals surface area contributed by atoms with Gasteiger partial charge in [0.1, 0.15) is 24.7 Å². The monoisotopic (exact) mass is 646 g/mol. The number of fused-ring (bicyclic) bond motifs is 10. The average molecular weight is 648 g/mol. The summed E-state index contributed by atoms with van der Waals surface area (Å²) in [7, 11) is 0. The molecule has 0 radical (unpaired) electrons. The molecule has 0 amide bonds. The molecule has 41 heavy (non-hydrogen) atoms. The van der Waals surface area contributed by atoms with E-state index in [4.69, 9.17) is 32.7 Å². The predicted molar refractivity (Wildman–Crippen MR) is 165 cm³/mol. The first kappa shape index (κ1) is 26.8. The molecular weight excluding hydrogens is 623 g/mol. The number of ether oxygens (including phenoxy) is 2. The number of ketones is 2. The van der Waals surface area contributed by atoms with Gasteiger partial charge in [0.25, 0.3) is 0 Å². The highest BCUT2D eigenvalue weighted by Gasteiger charge is 2.31. The van der Waals surface area contributed by atoms with Crippen molar-refractivity contribution in [2.24, 2.45) is 0 Å². The first-order valence-corrected chi connectivity index (χ1v) is 15.4. The van der Waals surface area contributed by atoms with Gasteiger partial charge in [0, 0.05) is 49.8 Å². The Morgan fingerprint density at radius 1 is 0.634 bits per heavy atom. The number of alkyl halides is 1.